The zero-order valence-electron chi connectivity index (χ0n) is 13.2. The summed E-state index contributed by atoms with van der Waals surface area (Å²) in [4.78, 5) is 12.8. The van der Waals surface area contributed by atoms with Crippen LogP contribution in [0.1, 0.15) is 0 Å². The summed E-state index contributed by atoms with van der Waals surface area (Å²) in [5, 5.41) is 1.26. The molecule has 4 nitrogen and oxygen atoms in total. The molecule has 0 unspecified atom stereocenters. The molecule has 2 aromatic heterocycles. The average Bonchev–Trinajstić information content (AvgIpc) is 3.18. The SMILES string of the molecule is CN1C[C@@H]2CN(c3cncc(-c4cccc5[nH]ccc45)c3)C[C@@H]21. The van der Waals surface area contributed by atoms with Crippen molar-refractivity contribution in [3.05, 3.63) is 48.9 Å². The fourth-order valence-corrected chi connectivity index (χ4v) is 4.20. The van der Waals surface area contributed by atoms with Gasteiger partial charge in [0.15, 0.2) is 0 Å². The summed E-state index contributed by atoms with van der Waals surface area (Å²) < 4.78 is 0. The molecule has 116 valence electrons. The third-order valence-electron chi connectivity index (χ3n) is 5.49. The summed E-state index contributed by atoms with van der Waals surface area (Å²) >= 11 is 0. The van der Waals surface area contributed by atoms with Gasteiger partial charge in [0.05, 0.1) is 11.9 Å². The Bertz CT molecular complexity index is 868. The topological polar surface area (TPSA) is 35.2 Å². The van der Waals surface area contributed by atoms with Crippen LogP contribution < -0.4 is 4.90 Å². The summed E-state index contributed by atoms with van der Waals surface area (Å²) in [6, 6.07) is 11.6. The number of nitrogens with one attached hydrogen (secondary N) is 1. The Hall–Kier alpha value is -2.33. The Labute approximate surface area is 135 Å². The number of hydrogen-bond acceptors (Lipinski definition) is 3. The number of benzene rings is 1. The number of hydrogen-bond donors (Lipinski definition) is 1. The van der Waals surface area contributed by atoms with Crippen LogP contribution in [0.2, 0.25) is 0 Å². The number of aromatic amines is 1. The molecule has 23 heavy (non-hydrogen) atoms. The molecule has 2 fully saturated rings. The smallest absolute Gasteiger partial charge is 0.0559 e. The molecule has 0 bridgehead atoms. The molecule has 5 rings (SSSR count). The second-order valence-corrected chi connectivity index (χ2v) is 6.85. The summed E-state index contributed by atoms with van der Waals surface area (Å²) in [5.74, 6) is 0.830. The first-order valence-corrected chi connectivity index (χ1v) is 8.26. The van der Waals surface area contributed by atoms with Crippen molar-refractivity contribution in [2.75, 3.05) is 31.6 Å². The van der Waals surface area contributed by atoms with Crippen LogP contribution in [0.25, 0.3) is 22.0 Å². The van der Waals surface area contributed by atoms with Gasteiger partial charge in [0, 0.05) is 60.5 Å². The Morgan fingerprint density at radius 2 is 2.09 bits per heavy atom. The second kappa shape index (κ2) is 4.83. The quantitative estimate of drug-likeness (QED) is 0.790. The van der Waals surface area contributed by atoms with E-state index in [0.717, 1.165) is 25.0 Å². The van der Waals surface area contributed by atoms with E-state index in [-0.39, 0.29) is 0 Å². The number of rotatable bonds is 2. The largest absolute Gasteiger partial charge is 0.368 e. The summed E-state index contributed by atoms with van der Waals surface area (Å²) in [7, 11) is 2.23. The summed E-state index contributed by atoms with van der Waals surface area (Å²) in [6.07, 6.45) is 5.98. The minimum Gasteiger partial charge on any atom is -0.368 e. The van der Waals surface area contributed by atoms with E-state index in [1.54, 1.807) is 0 Å². The van der Waals surface area contributed by atoms with Crippen molar-refractivity contribution >= 4 is 16.6 Å². The van der Waals surface area contributed by atoms with Crippen LogP contribution in [0.3, 0.4) is 0 Å². The summed E-state index contributed by atoms with van der Waals surface area (Å²) in [6.45, 7) is 3.52. The van der Waals surface area contributed by atoms with Crippen molar-refractivity contribution in [1.29, 1.82) is 0 Å². The molecule has 1 aromatic carbocycles. The Balaban J connectivity index is 1.52. The van der Waals surface area contributed by atoms with E-state index < -0.39 is 0 Å². The first-order valence-electron chi connectivity index (χ1n) is 8.26. The van der Waals surface area contributed by atoms with Gasteiger partial charge in [-0.05, 0) is 30.8 Å². The van der Waals surface area contributed by atoms with Crippen molar-refractivity contribution in [2.24, 2.45) is 5.92 Å². The van der Waals surface area contributed by atoms with Crippen LogP contribution >= 0.6 is 0 Å². The number of likely N-dealkylation sites (tertiary alicyclic amines) is 1. The van der Waals surface area contributed by atoms with Gasteiger partial charge in [0.2, 0.25) is 0 Å². The fourth-order valence-electron chi connectivity index (χ4n) is 4.20. The third-order valence-corrected chi connectivity index (χ3v) is 5.49. The Morgan fingerprint density at radius 3 is 2.96 bits per heavy atom. The van der Waals surface area contributed by atoms with Gasteiger partial charge in [0.25, 0.3) is 0 Å². The van der Waals surface area contributed by atoms with E-state index in [2.05, 4.69) is 57.1 Å². The van der Waals surface area contributed by atoms with E-state index in [0.29, 0.717) is 0 Å². The van der Waals surface area contributed by atoms with Crippen LogP contribution in [-0.2, 0) is 0 Å². The van der Waals surface area contributed by atoms with Gasteiger partial charge >= 0.3 is 0 Å². The maximum atomic E-state index is 4.52. The van der Waals surface area contributed by atoms with Crippen LogP contribution in [-0.4, -0.2) is 47.6 Å². The van der Waals surface area contributed by atoms with E-state index in [9.17, 15) is 0 Å². The van der Waals surface area contributed by atoms with Crippen molar-refractivity contribution < 1.29 is 0 Å². The second-order valence-electron chi connectivity index (χ2n) is 6.85. The van der Waals surface area contributed by atoms with E-state index >= 15 is 0 Å². The lowest BCUT2D eigenvalue weighted by Gasteiger charge is -2.40. The van der Waals surface area contributed by atoms with Gasteiger partial charge in [-0.3, -0.25) is 4.98 Å². The van der Waals surface area contributed by atoms with Crippen LogP contribution in [0.15, 0.2) is 48.9 Å². The number of likely N-dealkylation sites (N-methyl/N-ethyl adjacent to an activating group) is 1. The molecule has 4 heteroatoms. The fraction of sp³-hybridized carbons (Fsp3) is 0.316. The Kier molecular flexibility index (Phi) is 2.76. The third kappa shape index (κ3) is 1.98. The lowest BCUT2D eigenvalue weighted by Crippen LogP contribution is -2.52. The standard InChI is InChI=1S/C19H20N4/c1-22-10-14-11-23(12-19(14)22)15-7-13(8-20-9-15)16-3-2-4-18-17(16)5-6-21-18/h2-9,14,19,21H,10-12H2,1H3/t14-,19+/m1/s1. The molecule has 3 aromatic rings. The maximum Gasteiger partial charge on any atom is 0.0559 e. The molecule has 0 spiro atoms. The highest BCUT2D eigenvalue weighted by Gasteiger charge is 2.43. The molecule has 2 atom stereocenters. The van der Waals surface area contributed by atoms with Gasteiger partial charge < -0.3 is 14.8 Å². The van der Waals surface area contributed by atoms with Gasteiger partial charge in [0.1, 0.15) is 0 Å². The normalized spacial score (nSPS) is 24.0. The van der Waals surface area contributed by atoms with E-state index in [1.165, 1.54) is 34.3 Å². The van der Waals surface area contributed by atoms with Crippen molar-refractivity contribution in [1.82, 2.24) is 14.9 Å². The predicted molar refractivity (Wildman–Crippen MR) is 93.7 cm³/mol. The van der Waals surface area contributed by atoms with E-state index in [1.807, 2.05) is 18.6 Å². The van der Waals surface area contributed by atoms with Crippen molar-refractivity contribution in [2.45, 2.75) is 6.04 Å². The molecule has 2 aliphatic heterocycles. The predicted octanol–water partition coefficient (Wildman–Crippen LogP) is 2.98. The number of nitrogens with zero attached hydrogens (tertiary/aromatic N) is 3. The minimum atomic E-state index is 0.728. The van der Waals surface area contributed by atoms with Crippen LogP contribution in [0, 0.1) is 5.92 Å². The molecular weight excluding hydrogens is 284 g/mol. The molecule has 0 amide bonds. The first-order chi connectivity index (χ1) is 11.3. The van der Waals surface area contributed by atoms with Gasteiger partial charge in [-0.25, -0.2) is 0 Å². The average molecular weight is 304 g/mol. The molecule has 0 radical (unpaired) electrons. The molecule has 2 aliphatic rings. The minimum absolute atomic E-state index is 0.728. The lowest BCUT2D eigenvalue weighted by atomic mass is 9.93. The molecule has 2 saturated heterocycles. The van der Waals surface area contributed by atoms with Gasteiger partial charge in [-0.2, -0.15) is 0 Å². The van der Waals surface area contributed by atoms with Crippen LogP contribution in [0.5, 0.6) is 0 Å². The van der Waals surface area contributed by atoms with Gasteiger partial charge in [-0.15, -0.1) is 0 Å². The van der Waals surface area contributed by atoms with Crippen LogP contribution in [0.4, 0.5) is 5.69 Å². The number of pyridine rings is 1. The first kappa shape index (κ1) is 13.1. The number of anilines is 1. The molecule has 1 N–H and O–H groups in total. The van der Waals surface area contributed by atoms with Gasteiger partial charge in [-0.1, -0.05) is 12.1 Å². The zero-order valence-corrected chi connectivity index (χ0v) is 13.2. The monoisotopic (exact) mass is 304 g/mol. The number of fused-ring (bicyclic) bond motifs is 2. The molecular formula is C19H20N4. The zero-order chi connectivity index (χ0) is 15.4. The summed E-state index contributed by atoms with van der Waals surface area (Å²) in [5.41, 5.74) is 4.87. The van der Waals surface area contributed by atoms with Crippen molar-refractivity contribution in [3.63, 3.8) is 0 Å². The molecule has 0 aliphatic carbocycles. The highest BCUT2D eigenvalue weighted by Crippen LogP contribution is 2.35. The highest BCUT2D eigenvalue weighted by atomic mass is 15.3. The number of aromatic nitrogens is 2. The highest BCUT2D eigenvalue weighted by molar-refractivity contribution is 5.95. The lowest BCUT2D eigenvalue weighted by molar-refractivity contribution is 0.0827. The number of H-pyrrole nitrogens is 1. The molecule has 0 saturated carbocycles. The van der Waals surface area contributed by atoms with Crippen molar-refractivity contribution in [3.8, 4) is 11.1 Å². The maximum absolute atomic E-state index is 4.52. The van der Waals surface area contributed by atoms with E-state index in [4.69, 9.17) is 0 Å². The molecule has 4 heterocycles. The Morgan fingerprint density at radius 1 is 1.13 bits per heavy atom.